The van der Waals surface area contributed by atoms with Crippen molar-refractivity contribution in [2.45, 2.75) is 63.9 Å². The molecule has 1 heterocycles. The number of carbonyl (C=O) groups excluding carboxylic acids is 1. The number of likely N-dealkylation sites (tertiary alicyclic amines) is 1. The molecule has 1 aromatic carbocycles. The molecule has 2 aliphatic rings. The van der Waals surface area contributed by atoms with Crippen LogP contribution in [0, 0.1) is 5.92 Å². The molecule has 0 bridgehead atoms. The molecule has 0 spiro atoms. The first-order chi connectivity index (χ1) is 11.7. The molecule has 0 radical (unpaired) electrons. The second kappa shape index (κ2) is 7.00. The van der Waals surface area contributed by atoms with E-state index >= 15 is 0 Å². The van der Waals surface area contributed by atoms with Gasteiger partial charge >= 0.3 is 6.09 Å². The van der Waals surface area contributed by atoms with Crippen LogP contribution in [0.4, 0.5) is 4.79 Å². The van der Waals surface area contributed by atoms with Crippen molar-refractivity contribution in [2.24, 2.45) is 5.92 Å². The topological polar surface area (TPSA) is 29.5 Å². The number of hydrogen-bond donors (Lipinski definition) is 0. The molecule has 1 atom stereocenters. The summed E-state index contributed by atoms with van der Waals surface area (Å²) in [5, 5.41) is 1.22. The van der Waals surface area contributed by atoms with E-state index in [1.54, 1.807) is 0 Å². The van der Waals surface area contributed by atoms with Crippen LogP contribution < -0.4 is 0 Å². The molecular weight excluding hydrogens is 357 g/mol. The van der Waals surface area contributed by atoms with Gasteiger partial charge in [0.2, 0.25) is 0 Å². The van der Waals surface area contributed by atoms with E-state index in [-0.39, 0.29) is 11.5 Å². The Bertz CT molecular complexity index is 648. The molecule has 1 amide bonds. The van der Waals surface area contributed by atoms with Gasteiger partial charge in [-0.25, -0.2) is 4.79 Å². The van der Waals surface area contributed by atoms with Gasteiger partial charge in [-0.1, -0.05) is 42.1 Å². The standard InChI is InChI=1S/C20H27Cl2NO2/c1-19(2,3)25-18(24)23-11-8-15(13-23)20(9-4-5-10-20)14-6-7-16(21)17(22)12-14/h6-7,12,15H,4-5,8-11,13H2,1-3H3. The molecule has 2 fully saturated rings. The summed E-state index contributed by atoms with van der Waals surface area (Å²) in [6.07, 6.45) is 5.57. The normalized spacial score (nSPS) is 23.1. The van der Waals surface area contributed by atoms with Gasteiger partial charge < -0.3 is 9.64 Å². The number of hydrogen-bond acceptors (Lipinski definition) is 2. The fraction of sp³-hybridized carbons (Fsp3) is 0.650. The van der Waals surface area contributed by atoms with Crippen molar-refractivity contribution in [3.05, 3.63) is 33.8 Å². The monoisotopic (exact) mass is 383 g/mol. The fourth-order valence-electron chi connectivity index (χ4n) is 4.45. The van der Waals surface area contributed by atoms with Crippen molar-refractivity contribution in [2.75, 3.05) is 13.1 Å². The highest BCUT2D eigenvalue weighted by Crippen LogP contribution is 2.50. The Balaban J connectivity index is 1.80. The Morgan fingerprint density at radius 1 is 1.20 bits per heavy atom. The summed E-state index contributed by atoms with van der Waals surface area (Å²) >= 11 is 12.4. The fourth-order valence-corrected chi connectivity index (χ4v) is 4.75. The van der Waals surface area contributed by atoms with Crippen molar-refractivity contribution >= 4 is 29.3 Å². The van der Waals surface area contributed by atoms with Crippen LogP contribution in [0.2, 0.25) is 10.0 Å². The first kappa shape index (κ1) is 18.8. The van der Waals surface area contributed by atoms with Crippen LogP contribution in [0.15, 0.2) is 18.2 Å². The zero-order valence-corrected chi connectivity index (χ0v) is 16.8. The smallest absolute Gasteiger partial charge is 0.410 e. The highest BCUT2D eigenvalue weighted by Gasteiger charge is 2.46. The highest BCUT2D eigenvalue weighted by atomic mass is 35.5. The van der Waals surface area contributed by atoms with Crippen LogP contribution >= 0.6 is 23.2 Å². The Labute approximate surface area is 160 Å². The highest BCUT2D eigenvalue weighted by molar-refractivity contribution is 6.42. The molecule has 1 saturated heterocycles. The summed E-state index contributed by atoms with van der Waals surface area (Å²) in [5.41, 5.74) is 0.921. The molecule has 5 heteroatoms. The second-order valence-electron chi connectivity index (χ2n) is 8.40. The molecule has 1 aliphatic carbocycles. The van der Waals surface area contributed by atoms with Crippen LogP contribution in [-0.2, 0) is 10.2 Å². The second-order valence-corrected chi connectivity index (χ2v) is 9.22. The number of nitrogens with zero attached hydrogens (tertiary/aromatic N) is 1. The van der Waals surface area contributed by atoms with E-state index in [0.29, 0.717) is 16.0 Å². The Kier molecular flexibility index (Phi) is 5.28. The molecule has 3 rings (SSSR count). The van der Waals surface area contributed by atoms with E-state index in [1.165, 1.54) is 18.4 Å². The van der Waals surface area contributed by atoms with Crippen LogP contribution in [-0.4, -0.2) is 29.7 Å². The number of halogens is 2. The lowest BCUT2D eigenvalue weighted by atomic mass is 9.68. The maximum atomic E-state index is 12.4. The van der Waals surface area contributed by atoms with E-state index in [2.05, 4.69) is 6.07 Å². The van der Waals surface area contributed by atoms with Crippen LogP contribution in [0.3, 0.4) is 0 Å². The molecule has 1 unspecified atom stereocenters. The molecule has 25 heavy (non-hydrogen) atoms. The summed E-state index contributed by atoms with van der Waals surface area (Å²) < 4.78 is 5.55. The molecule has 138 valence electrons. The summed E-state index contributed by atoms with van der Waals surface area (Å²) in [6.45, 7) is 7.25. The maximum absolute atomic E-state index is 12.4. The predicted molar refractivity (Wildman–Crippen MR) is 103 cm³/mol. The van der Waals surface area contributed by atoms with Crippen molar-refractivity contribution in [3.8, 4) is 0 Å². The maximum Gasteiger partial charge on any atom is 0.410 e. The zero-order chi connectivity index (χ0) is 18.2. The first-order valence-corrected chi connectivity index (χ1v) is 9.90. The third kappa shape index (κ3) is 3.93. The van der Waals surface area contributed by atoms with Gasteiger partial charge in [-0.05, 0) is 69.1 Å². The van der Waals surface area contributed by atoms with Crippen LogP contribution in [0.1, 0.15) is 58.4 Å². The minimum Gasteiger partial charge on any atom is -0.444 e. The lowest BCUT2D eigenvalue weighted by Gasteiger charge is -2.36. The SMILES string of the molecule is CC(C)(C)OC(=O)N1CCC(C2(c3ccc(Cl)c(Cl)c3)CCCC2)C1. The van der Waals surface area contributed by atoms with Crippen molar-refractivity contribution in [3.63, 3.8) is 0 Å². The van der Waals surface area contributed by atoms with E-state index in [1.807, 2.05) is 37.8 Å². The van der Waals surface area contributed by atoms with Crippen LogP contribution in [0.25, 0.3) is 0 Å². The molecule has 0 N–H and O–H groups in total. The summed E-state index contributed by atoms with van der Waals surface area (Å²) in [7, 11) is 0. The number of carbonyl (C=O) groups is 1. The van der Waals surface area contributed by atoms with Gasteiger partial charge in [0.25, 0.3) is 0 Å². The number of rotatable bonds is 2. The molecule has 1 saturated carbocycles. The summed E-state index contributed by atoms with van der Waals surface area (Å²) in [6, 6.07) is 6.06. The van der Waals surface area contributed by atoms with Crippen molar-refractivity contribution < 1.29 is 9.53 Å². The quantitative estimate of drug-likeness (QED) is 0.620. The van der Waals surface area contributed by atoms with Crippen LogP contribution in [0.5, 0.6) is 0 Å². The van der Waals surface area contributed by atoms with E-state index < -0.39 is 5.60 Å². The Morgan fingerprint density at radius 2 is 1.88 bits per heavy atom. The summed E-state index contributed by atoms with van der Waals surface area (Å²) in [4.78, 5) is 14.3. The first-order valence-electron chi connectivity index (χ1n) is 9.15. The average molecular weight is 384 g/mol. The number of amides is 1. The third-order valence-corrected chi connectivity index (χ3v) is 6.35. The minimum absolute atomic E-state index is 0.102. The van der Waals surface area contributed by atoms with Crippen molar-refractivity contribution in [1.82, 2.24) is 4.90 Å². The lowest BCUT2D eigenvalue weighted by molar-refractivity contribution is 0.0281. The van der Waals surface area contributed by atoms with Gasteiger partial charge in [0.1, 0.15) is 5.60 Å². The third-order valence-electron chi connectivity index (χ3n) is 5.61. The summed E-state index contributed by atoms with van der Waals surface area (Å²) in [5.74, 6) is 0.444. The van der Waals surface area contributed by atoms with Gasteiger partial charge in [-0.15, -0.1) is 0 Å². The van der Waals surface area contributed by atoms with Gasteiger partial charge in [0.05, 0.1) is 10.0 Å². The minimum atomic E-state index is -0.454. The van der Waals surface area contributed by atoms with Gasteiger partial charge in [0.15, 0.2) is 0 Å². The van der Waals surface area contributed by atoms with E-state index in [4.69, 9.17) is 27.9 Å². The van der Waals surface area contributed by atoms with Gasteiger partial charge in [0, 0.05) is 13.1 Å². The molecule has 1 aromatic rings. The number of benzene rings is 1. The largest absolute Gasteiger partial charge is 0.444 e. The Hall–Kier alpha value is -0.930. The average Bonchev–Trinajstić information content (AvgIpc) is 3.17. The van der Waals surface area contributed by atoms with Gasteiger partial charge in [-0.3, -0.25) is 0 Å². The van der Waals surface area contributed by atoms with Crippen molar-refractivity contribution in [1.29, 1.82) is 0 Å². The zero-order valence-electron chi connectivity index (χ0n) is 15.3. The molecule has 0 aromatic heterocycles. The van der Waals surface area contributed by atoms with E-state index in [9.17, 15) is 4.79 Å². The molecule has 1 aliphatic heterocycles. The van der Waals surface area contributed by atoms with Gasteiger partial charge in [-0.2, -0.15) is 0 Å². The predicted octanol–water partition coefficient (Wildman–Crippen LogP) is 6.06. The molecular formula is C20H27Cl2NO2. The van der Waals surface area contributed by atoms with E-state index in [0.717, 1.165) is 32.4 Å². The molecule has 3 nitrogen and oxygen atoms in total. The lowest BCUT2D eigenvalue weighted by Crippen LogP contribution is -2.38. The Morgan fingerprint density at radius 3 is 2.48 bits per heavy atom. The number of ether oxygens (including phenoxy) is 1.